The summed E-state index contributed by atoms with van der Waals surface area (Å²) in [5.41, 5.74) is 8.27. The van der Waals surface area contributed by atoms with Crippen LogP contribution in [0, 0.1) is 0 Å². The molecule has 1 fully saturated rings. The van der Waals surface area contributed by atoms with Gasteiger partial charge in [0.1, 0.15) is 6.17 Å². The van der Waals surface area contributed by atoms with E-state index in [0.717, 1.165) is 5.56 Å². The van der Waals surface area contributed by atoms with Crippen molar-refractivity contribution in [1.29, 1.82) is 0 Å². The first kappa shape index (κ1) is 10.2. The van der Waals surface area contributed by atoms with Crippen LogP contribution in [0.25, 0.3) is 0 Å². The molecule has 0 bridgehead atoms. The number of hydrazine groups is 1. The highest BCUT2D eigenvalue weighted by Gasteiger charge is 2.17. The van der Waals surface area contributed by atoms with E-state index in [2.05, 4.69) is 45.3 Å². The van der Waals surface area contributed by atoms with Crippen molar-refractivity contribution in [2.45, 2.75) is 6.17 Å². The molecule has 0 radical (unpaired) electrons. The smallest absolute Gasteiger partial charge is 0.182 e. The topological polar surface area (TPSA) is 39.3 Å². The van der Waals surface area contributed by atoms with Gasteiger partial charge in [-0.25, -0.2) is 5.43 Å². The summed E-state index contributed by atoms with van der Waals surface area (Å²) in [7, 11) is 4.05. The molecule has 4 nitrogen and oxygen atoms in total. The van der Waals surface area contributed by atoms with Crippen LogP contribution in [0.15, 0.2) is 24.3 Å². The van der Waals surface area contributed by atoms with Crippen LogP contribution in [0.2, 0.25) is 0 Å². The fourth-order valence-corrected chi connectivity index (χ4v) is 1.65. The molecule has 0 saturated carbocycles. The molecule has 1 atom stereocenters. The van der Waals surface area contributed by atoms with Crippen LogP contribution in [0.3, 0.4) is 0 Å². The van der Waals surface area contributed by atoms with E-state index >= 15 is 0 Å². The van der Waals surface area contributed by atoms with Crippen LogP contribution in [-0.2, 0) is 0 Å². The molecule has 1 aromatic carbocycles. The standard InChI is InChI=1S/C10H14N4S/c1-14(2)8-5-3-7(4-6-8)9-11-10(15)13-12-9/h3-6,9,12H,1-2H3,(H2,11,13,15). The van der Waals surface area contributed by atoms with Crippen molar-refractivity contribution < 1.29 is 0 Å². The third-order valence-corrected chi connectivity index (χ3v) is 2.57. The van der Waals surface area contributed by atoms with Gasteiger partial charge in [0.05, 0.1) is 0 Å². The van der Waals surface area contributed by atoms with Crippen molar-refractivity contribution in [2.75, 3.05) is 19.0 Å². The van der Waals surface area contributed by atoms with E-state index in [0.29, 0.717) is 5.11 Å². The van der Waals surface area contributed by atoms with Crippen LogP contribution in [0.1, 0.15) is 11.7 Å². The number of hydrogen-bond acceptors (Lipinski definition) is 3. The first-order valence-corrected chi connectivity index (χ1v) is 5.17. The SMILES string of the molecule is CN(C)c1ccc(C2NNC(=S)N2)cc1. The summed E-state index contributed by atoms with van der Waals surface area (Å²) in [5, 5.41) is 3.75. The Morgan fingerprint density at radius 2 is 1.87 bits per heavy atom. The van der Waals surface area contributed by atoms with E-state index in [-0.39, 0.29) is 6.17 Å². The number of rotatable bonds is 2. The van der Waals surface area contributed by atoms with E-state index in [1.807, 2.05) is 14.1 Å². The van der Waals surface area contributed by atoms with E-state index in [4.69, 9.17) is 12.2 Å². The summed E-state index contributed by atoms with van der Waals surface area (Å²) < 4.78 is 0. The van der Waals surface area contributed by atoms with E-state index < -0.39 is 0 Å². The molecule has 1 saturated heterocycles. The zero-order valence-corrected chi connectivity index (χ0v) is 9.56. The summed E-state index contributed by atoms with van der Waals surface area (Å²) in [4.78, 5) is 2.07. The molecule has 1 aliphatic heterocycles. The molecule has 0 aromatic heterocycles. The second-order valence-electron chi connectivity index (χ2n) is 3.66. The van der Waals surface area contributed by atoms with Crippen molar-refractivity contribution >= 4 is 23.0 Å². The lowest BCUT2D eigenvalue weighted by Gasteiger charge is -2.14. The maximum absolute atomic E-state index is 4.97. The number of nitrogens with zero attached hydrogens (tertiary/aromatic N) is 1. The van der Waals surface area contributed by atoms with Crippen LogP contribution >= 0.6 is 12.2 Å². The van der Waals surface area contributed by atoms with Crippen LogP contribution in [0.4, 0.5) is 5.69 Å². The highest BCUT2D eigenvalue weighted by molar-refractivity contribution is 7.80. The van der Waals surface area contributed by atoms with Gasteiger partial charge in [0.2, 0.25) is 0 Å². The van der Waals surface area contributed by atoms with Gasteiger partial charge in [-0.3, -0.25) is 5.43 Å². The summed E-state index contributed by atoms with van der Waals surface area (Å²) >= 11 is 4.97. The molecular formula is C10H14N4S. The molecule has 1 unspecified atom stereocenters. The number of benzene rings is 1. The van der Waals surface area contributed by atoms with E-state index in [1.54, 1.807) is 0 Å². The molecule has 0 amide bonds. The quantitative estimate of drug-likeness (QED) is 0.644. The minimum Gasteiger partial charge on any atom is -0.378 e. The maximum atomic E-state index is 4.97. The Kier molecular flexibility index (Phi) is 2.75. The van der Waals surface area contributed by atoms with Gasteiger partial charge in [-0.15, -0.1) is 0 Å². The predicted molar refractivity (Wildman–Crippen MR) is 65.5 cm³/mol. The predicted octanol–water partition coefficient (Wildman–Crippen LogP) is 0.733. The zero-order valence-electron chi connectivity index (χ0n) is 8.74. The van der Waals surface area contributed by atoms with Gasteiger partial charge in [0.25, 0.3) is 0 Å². The second-order valence-corrected chi connectivity index (χ2v) is 4.07. The molecule has 1 aromatic rings. The highest BCUT2D eigenvalue weighted by Crippen LogP contribution is 2.17. The van der Waals surface area contributed by atoms with Gasteiger partial charge in [-0.2, -0.15) is 0 Å². The average molecular weight is 222 g/mol. The van der Waals surface area contributed by atoms with Gasteiger partial charge in [-0.1, -0.05) is 12.1 Å². The summed E-state index contributed by atoms with van der Waals surface area (Å²) in [6, 6.07) is 8.32. The lowest BCUT2D eigenvalue weighted by molar-refractivity contribution is 0.555. The summed E-state index contributed by atoms with van der Waals surface area (Å²) in [6.45, 7) is 0. The Bertz CT molecular complexity index is 360. The van der Waals surface area contributed by atoms with Crippen LogP contribution in [-0.4, -0.2) is 19.2 Å². The van der Waals surface area contributed by atoms with Gasteiger partial charge in [0.15, 0.2) is 5.11 Å². The zero-order chi connectivity index (χ0) is 10.8. The molecule has 1 heterocycles. The molecule has 3 N–H and O–H groups in total. The van der Waals surface area contributed by atoms with Gasteiger partial charge in [0, 0.05) is 19.8 Å². The summed E-state index contributed by atoms with van der Waals surface area (Å²) in [5.74, 6) is 0. The fraction of sp³-hybridized carbons (Fsp3) is 0.300. The van der Waals surface area contributed by atoms with Gasteiger partial charge < -0.3 is 10.2 Å². The van der Waals surface area contributed by atoms with Gasteiger partial charge in [-0.05, 0) is 29.9 Å². The summed E-state index contributed by atoms with van der Waals surface area (Å²) in [6.07, 6.45) is 0.0636. The largest absolute Gasteiger partial charge is 0.378 e. The number of thiocarbonyl (C=S) groups is 1. The average Bonchev–Trinajstić information content (AvgIpc) is 2.65. The van der Waals surface area contributed by atoms with Crippen LogP contribution < -0.4 is 21.1 Å². The van der Waals surface area contributed by atoms with Crippen molar-refractivity contribution in [2.24, 2.45) is 0 Å². The third kappa shape index (κ3) is 2.19. The highest BCUT2D eigenvalue weighted by atomic mass is 32.1. The number of hydrogen-bond donors (Lipinski definition) is 3. The molecule has 1 aliphatic rings. The van der Waals surface area contributed by atoms with Crippen LogP contribution in [0.5, 0.6) is 0 Å². The molecule has 0 spiro atoms. The lowest BCUT2D eigenvalue weighted by Crippen LogP contribution is -2.26. The lowest BCUT2D eigenvalue weighted by atomic mass is 10.1. The number of anilines is 1. The Balaban J connectivity index is 2.13. The molecule has 2 rings (SSSR count). The third-order valence-electron chi connectivity index (χ3n) is 2.35. The van der Waals surface area contributed by atoms with Crippen molar-refractivity contribution in [1.82, 2.24) is 16.2 Å². The fourth-order valence-electron chi connectivity index (χ4n) is 1.47. The minimum atomic E-state index is 0.0636. The molecular weight excluding hydrogens is 208 g/mol. The molecule has 15 heavy (non-hydrogen) atoms. The number of nitrogens with one attached hydrogen (secondary N) is 3. The first-order chi connectivity index (χ1) is 7.16. The van der Waals surface area contributed by atoms with Crippen molar-refractivity contribution in [3.8, 4) is 0 Å². The van der Waals surface area contributed by atoms with E-state index in [9.17, 15) is 0 Å². The minimum absolute atomic E-state index is 0.0636. The maximum Gasteiger partial charge on any atom is 0.182 e. The van der Waals surface area contributed by atoms with E-state index in [1.165, 1.54) is 5.69 Å². The Hall–Kier alpha value is -1.33. The Morgan fingerprint density at radius 1 is 1.20 bits per heavy atom. The monoisotopic (exact) mass is 222 g/mol. The molecule has 0 aliphatic carbocycles. The van der Waals surface area contributed by atoms with Crippen molar-refractivity contribution in [3.05, 3.63) is 29.8 Å². The Labute approximate surface area is 94.6 Å². The molecule has 5 heteroatoms. The normalized spacial score (nSPS) is 19.6. The first-order valence-electron chi connectivity index (χ1n) is 4.76. The molecule has 80 valence electrons. The second kappa shape index (κ2) is 4.04. The Morgan fingerprint density at radius 3 is 2.33 bits per heavy atom. The van der Waals surface area contributed by atoms with Crippen molar-refractivity contribution in [3.63, 3.8) is 0 Å². The van der Waals surface area contributed by atoms with Gasteiger partial charge >= 0.3 is 0 Å².